The number of hydrogen-bond acceptors (Lipinski definition) is 4. The molecule has 1 fully saturated rings. The average molecular weight is 341 g/mol. The molecule has 25 heavy (non-hydrogen) atoms. The molecule has 0 amide bonds. The standard InChI is InChI=1S/C19H27N5O/c1-20-19(21-14-17-10-13-25-23-17)22-15-18-8-5-11-24(18)12-9-16-6-3-2-4-7-16/h2-4,6-7,10,13,18H,5,8-9,11-12,14-15H2,1H3,(H2,20,21,22). The average Bonchev–Trinajstić information content (AvgIpc) is 3.33. The zero-order valence-electron chi connectivity index (χ0n) is 14.8. The van der Waals surface area contributed by atoms with Crippen LogP contribution < -0.4 is 10.6 Å². The highest BCUT2D eigenvalue weighted by molar-refractivity contribution is 5.79. The van der Waals surface area contributed by atoms with Gasteiger partial charge < -0.3 is 15.2 Å². The molecule has 2 heterocycles. The van der Waals surface area contributed by atoms with E-state index in [0.717, 1.165) is 31.2 Å². The summed E-state index contributed by atoms with van der Waals surface area (Å²) in [6, 6.07) is 13.1. The Morgan fingerprint density at radius 2 is 2.16 bits per heavy atom. The molecular formula is C19H27N5O. The maximum Gasteiger partial charge on any atom is 0.191 e. The van der Waals surface area contributed by atoms with E-state index in [0.29, 0.717) is 12.6 Å². The van der Waals surface area contributed by atoms with Crippen LogP contribution >= 0.6 is 0 Å². The molecule has 0 saturated carbocycles. The van der Waals surface area contributed by atoms with Crippen LogP contribution in [0.5, 0.6) is 0 Å². The Labute approximate surface area is 149 Å². The largest absolute Gasteiger partial charge is 0.364 e. The highest BCUT2D eigenvalue weighted by atomic mass is 16.5. The maximum absolute atomic E-state index is 4.84. The number of guanidine groups is 1. The third kappa shape index (κ3) is 5.32. The molecule has 0 radical (unpaired) electrons. The number of rotatable bonds is 7. The molecule has 0 spiro atoms. The van der Waals surface area contributed by atoms with Crippen LogP contribution in [0.2, 0.25) is 0 Å². The van der Waals surface area contributed by atoms with Crippen molar-refractivity contribution in [3.05, 3.63) is 53.9 Å². The van der Waals surface area contributed by atoms with Crippen LogP contribution in [0.3, 0.4) is 0 Å². The molecule has 3 rings (SSSR count). The zero-order chi connectivity index (χ0) is 17.3. The number of benzene rings is 1. The van der Waals surface area contributed by atoms with E-state index >= 15 is 0 Å². The molecule has 2 N–H and O–H groups in total. The van der Waals surface area contributed by atoms with Crippen molar-refractivity contribution in [1.82, 2.24) is 20.7 Å². The number of aliphatic imine (C=N–C) groups is 1. The van der Waals surface area contributed by atoms with Crippen molar-refractivity contribution in [2.45, 2.75) is 31.8 Å². The highest BCUT2D eigenvalue weighted by Gasteiger charge is 2.24. The summed E-state index contributed by atoms with van der Waals surface area (Å²) in [7, 11) is 1.79. The number of aromatic nitrogens is 1. The summed E-state index contributed by atoms with van der Waals surface area (Å²) in [5.74, 6) is 0.804. The van der Waals surface area contributed by atoms with Crippen molar-refractivity contribution in [3.8, 4) is 0 Å². The number of nitrogens with one attached hydrogen (secondary N) is 2. The van der Waals surface area contributed by atoms with Gasteiger partial charge in [0.15, 0.2) is 5.96 Å². The van der Waals surface area contributed by atoms with E-state index in [1.165, 1.54) is 24.9 Å². The van der Waals surface area contributed by atoms with E-state index in [1.807, 2.05) is 6.07 Å². The predicted octanol–water partition coefficient (Wildman–Crippen LogP) is 2.05. The SMILES string of the molecule is CN=C(NCc1ccon1)NCC1CCCN1CCc1ccccc1. The van der Waals surface area contributed by atoms with Gasteiger partial charge in [0.1, 0.15) is 12.0 Å². The van der Waals surface area contributed by atoms with E-state index in [2.05, 4.69) is 56.0 Å². The van der Waals surface area contributed by atoms with Crippen LogP contribution in [-0.2, 0) is 13.0 Å². The lowest BCUT2D eigenvalue weighted by atomic mass is 10.1. The van der Waals surface area contributed by atoms with Gasteiger partial charge in [0.2, 0.25) is 0 Å². The Kier molecular flexibility index (Phi) is 6.45. The van der Waals surface area contributed by atoms with Crippen LogP contribution in [0.1, 0.15) is 24.1 Å². The van der Waals surface area contributed by atoms with E-state index in [-0.39, 0.29) is 0 Å². The molecular weight excluding hydrogens is 314 g/mol. The monoisotopic (exact) mass is 341 g/mol. The van der Waals surface area contributed by atoms with Crippen molar-refractivity contribution in [3.63, 3.8) is 0 Å². The van der Waals surface area contributed by atoms with Gasteiger partial charge in [-0.1, -0.05) is 35.5 Å². The first-order chi connectivity index (χ1) is 12.3. The summed E-state index contributed by atoms with van der Waals surface area (Å²) in [6.45, 7) is 3.82. The number of likely N-dealkylation sites (tertiary alicyclic amines) is 1. The van der Waals surface area contributed by atoms with Gasteiger partial charge in [-0.25, -0.2) is 0 Å². The van der Waals surface area contributed by atoms with Crippen LogP contribution in [0.25, 0.3) is 0 Å². The fraction of sp³-hybridized carbons (Fsp3) is 0.474. The molecule has 0 bridgehead atoms. The predicted molar refractivity (Wildman–Crippen MR) is 99.4 cm³/mol. The topological polar surface area (TPSA) is 65.7 Å². The van der Waals surface area contributed by atoms with Crippen molar-refractivity contribution >= 4 is 5.96 Å². The minimum Gasteiger partial charge on any atom is -0.364 e. The van der Waals surface area contributed by atoms with Gasteiger partial charge in [0, 0.05) is 32.2 Å². The van der Waals surface area contributed by atoms with Crippen molar-refractivity contribution in [1.29, 1.82) is 0 Å². The van der Waals surface area contributed by atoms with Crippen LogP contribution in [0.4, 0.5) is 0 Å². The Morgan fingerprint density at radius 1 is 1.28 bits per heavy atom. The summed E-state index contributed by atoms with van der Waals surface area (Å²) in [4.78, 5) is 6.87. The maximum atomic E-state index is 4.84. The molecule has 6 heteroatoms. The van der Waals surface area contributed by atoms with Crippen LogP contribution in [-0.4, -0.2) is 48.7 Å². The molecule has 0 aliphatic carbocycles. The van der Waals surface area contributed by atoms with Crippen molar-refractivity contribution < 1.29 is 4.52 Å². The van der Waals surface area contributed by atoms with Gasteiger partial charge in [-0.2, -0.15) is 0 Å². The number of nitrogens with zero attached hydrogens (tertiary/aromatic N) is 3. The van der Waals surface area contributed by atoms with Crippen molar-refractivity contribution in [2.75, 3.05) is 26.7 Å². The van der Waals surface area contributed by atoms with Crippen LogP contribution in [0.15, 0.2) is 52.2 Å². The summed E-state index contributed by atoms with van der Waals surface area (Å²) < 4.78 is 4.84. The smallest absolute Gasteiger partial charge is 0.191 e. The molecule has 1 saturated heterocycles. The fourth-order valence-electron chi connectivity index (χ4n) is 3.28. The number of hydrogen-bond donors (Lipinski definition) is 2. The van der Waals surface area contributed by atoms with Crippen molar-refractivity contribution in [2.24, 2.45) is 4.99 Å². The molecule has 2 aromatic rings. The second-order valence-electron chi connectivity index (χ2n) is 6.37. The summed E-state index contributed by atoms with van der Waals surface area (Å²) in [6.07, 6.45) is 5.20. The Morgan fingerprint density at radius 3 is 2.92 bits per heavy atom. The zero-order valence-corrected chi connectivity index (χ0v) is 14.8. The summed E-state index contributed by atoms with van der Waals surface area (Å²) >= 11 is 0. The lowest BCUT2D eigenvalue weighted by molar-refractivity contribution is 0.256. The highest BCUT2D eigenvalue weighted by Crippen LogP contribution is 2.17. The quantitative estimate of drug-likeness (QED) is 0.596. The third-order valence-electron chi connectivity index (χ3n) is 4.69. The van der Waals surface area contributed by atoms with Gasteiger partial charge in [-0.05, 0) is 31.4 Å². The van der Waals surface area contributed by atoms with Crippen LogP contribution in [0, 0.1) is 0 Å². The molecule has 6 nitrogen and oxygen atoms in total. The van der Waals surface area contributed by atoms with Gasteiger partial charge >= 0.3 is 0 Å². The molecule has 1 aromatic carbocycles. The Hall–Kier alpha value is -2.34. The van der Waals surface area contributed by atoms with E-state index in [9.17, 15) is 0 Å². The lowest BCUT2D eigenvalue weighted by Gasteiger charge is -2.25. The molecule has 1 atom stereocenters. The van der Waals surface area contributed by atoms with Gasteiger partial charge in [0.05, 0.1) is 6.54 Å². The van der Waals surface area contributed by atoms with E-state index < -0.39 is 0 Å². The molecule has 1 aromatic heterocycles. The molecule has 1 aliphatic heterocycles. The normalized spacial score (nSPS) is 18.4. The molecule has 1 unspecified atom stereocenters. The van der Waals surface area contributed by atoms with Gasteiger partial charge in [-0.3, -0.25) is 9.89 Å². The summed E-state index contributed by atoms with van der Waals surface area (Å²) in [5.41, 5.74) is 2.28. The summed E-state index contributed by atoms with van der Waals surface area (Å²) in [5, 5.41) is 10.6. The minimum absolute atomic E-state index is 0.564. The van der Waals surface area contributed by atoms with Gasteiger partial charge in [0.25, 0.3) is 0 Å². The van der Waals surface area contributed by atoms with E-state index in [1.54, 1.807) is 13.3 Å². The Balaban J connectivity index is 1.42. The second-order valence-corrected chi connectivity index (χ2v) is 6.37. The first kappa shape index (κ1) is 17.5. The van der Waals surface area contributed by atoms with E-state index in [4.69, 9.17) is 4.52 Å². The first-order valence-corrected chi connectivity index (χ1v) is 8.97. The minimum atomic E-state index is 0.564. The Bertz CT molecular complexity index is 641. The third-order valence-corrected chi connectivity index (χ3v) is 4.69. The van der Waals surface area contributed by atoms with Gasteiger partial charge in [-0.15, -0.1) is 0 Å². The fourth-order valence-corrected chi connectivity index (χ4v) is 3.28. The molecule has 134 valence electrons. The molecule has 1 aliphatic rings. The lowest BCUT2D eigenvalue weighted by Crippen LogP contribution is -2.45. The first-order valence-electron chi connectivity index (χ1n) is 8.97. The second kappa shape index (κ2) is 9.22.